The van der Waals surface area contributed by atoms with Crippen molar-refractivity contribution in [1.29, 1.82) is 0 Å². The van der Waals surface area contributed by atoms with Gasteiger partial charge in [-0.25, -0.2) is 0 Å². The van der Waals surface area contributed by atoms with Crippen molar-refractivity contribution in [2.24, 2.45) is 0 Å². The van der Waals surface area contributed by atoms with Crippen molar-refractivity contribution >= 4 is 34.2 Å². The highest BCUT2D eigenvalue weighted by atomic mass is 127. The van der Waals surface area contributed by atoms with Crippen molar-refractivity contribution in [2.45, 2.75) is 13.0 Å². The molecule has 1 amide bonds. The van der Waals surface area contributed by atoms with Crippen LogP contribution in [0.15, 0.2) is 42.5 Å². The number of hydrogen-bond donors (Lipinski definition) is 2. The number of aliphatic hydroxyl groups is 1. The number of benzene rings is 2. The molecular formula is C16H16INO3. The molecule has 0 aromatic heterocycles. The van der Waals surface area contributed by atoms with Gasteiger partial charge >= 0.3 is 0 Å². The van der Waals surface area contributed by atoms with Crippen LogP contribution in [0.2, 0.25) is 0 Å². The third kappa shape index (κ3) is 3.74. The Morgan fingerprint density at radius 3 is 2.62 bits per heavy atom. The van der Waals surface area contributed by atoms with Gasteiger partial charge in [0, 0.05) is 3.57 Å². The average molecular weight is 397 g/mol. The Kier molecular flexibility index (Phi) is 5.19. The summed E-state index contributed by atoms with van der Waals surface area (Å²) in [4.78, 5) is 12.4. The summed E-state index contributed by atoms with van der Waals surface area (Å²) in [6.45, 7) is 1.67. The van der Waals surface area contributed by atoms with E-state index in [2.05, 4.69) is 27.9 Å². The maximum atomic E-state index is 12.4. The topological polar surface area (TPSA) is 58.6 Å². The highest BCUT2D eigenvalue weighted by Gasteiger charge is 2.13. The van der Waals surface area contributed by atoms with Crippen LogP contribution >= 0.6 is 22.6 Å². The Hall–Kier alpha value is -1.60. The second-order valence-electron chi connectivity index (χ2n) is 4.57. The van der Waals surface area contributed by atoms with E-state index < -0.39 is 6.10 Å². The highest BCUT2D eigenvalue weighted by Crippen LogP contribution is 2.28. The molecule has 110 valence electrons. The molecule has 0 heterocycles. The fourth-order valence-electron chi connectivity index (χ4n) is 1.92. The number of aliphatic hydroxyl groups excluding tert-OH is 1. The molecular weight excluding hydrogens is 381 g/mol. The third-order valence-electron chi connectivity index (χ3n) is 3.07. The number of nitrogens with one attached hydrogen (secondary N) is 1. The second-order valence-corrected chi connectivity index (χ2v) is 5.73. The number of carbonyl (C=O) groups excluding carboxylic acids is 1. The van der Waals surface area contributed by atoms with E-state index in [9.17, 15) is 9.90 Å². The fraction of sp³-hybridized carbons (Fsp3) is 0.188. The molecule has 0 aliphatic carbocycles. The van der Waals surface area contributed by atoms with Gasteiger partial charge in [0.05, 0.1) is 24.5 Å². The Labute approximate surface area is 137 Å². The molecule has 5 heteroatoms. The molecule has 0 aliphatic rings. The molecule has 0 bridgehead atoms. The van der Waals surface area contributed by atoms with Crippen LogP contribution in [-0.2, 0) is 0 Å². The van der Waals surface area contributed by atoms with Crippen LogP contribution in [0.5, 0.6) is 5.75 Å². The summed E-state index contributed by atoms with van der Waals surface area (Å²) >= 11 is 2.12. The monoisotopic (exact) mass is 397 g/mol. The summed E-state index contributed by atoms with van der Waals surface area (Å²) in [6.07, 6.45) is -0.608. The second kappa shape index (κ2) is 6.91. The molecule has 0 radical (unpaired) electrons. The van der Waals surface area contributed by atoms with Crippen LogP contribution in [0.25, 0.3) is 0 Å². The van der Waals surface area contributed by atoms with Gasteiger partial charge in [-0.05, 0) is 59.3 Å². The zero-order valence-corrected chi connectivity index (χ0v) is 13.9. The Morgan fingerprint density at radius 1 is 1.29 bits per heavy atom. The van der Waals surface area contributed by atoms with Crippen LogP contribution in [0.3, 0.4) is 0 Å². The van der Waals surface area contributed by atoms with Gasteiger partial charge in [-0.2, -0.15) is 0 Å². The highest BCUT2D eigenvalue weighted by molar-refractivity contribution is 14.1. The molecule has 4 nitrogen and oxygen atoms in total. The Balaban J connectivity index is 2.32. The SMILES string of the molecule is COc1ccc([C@@H](C)O)cc1NC(=O)c1ccccc1I. The van der Waals surface area contributed by atoms with E-state index in [0.29, 0.717) is 22.6 Å². The van der Waals surface area contributed by atoms with Crippen LogP contribution < -0.4 is 10.1 Å². The zero-order chi connectivity index (χ0) is 15.4. The maximum absolute atomic E-state index is 12.4. The predicted octanol–water partition coefficient (Wildman–Crippen LogP) is 3.61. The number of hydrogen-bond acceptors (Lipinski definition) is 3. The van der Waals surface area contributed by atoms with E-state index in [4.69, 9.17) is 4.74 Å². The van der Waals surface area contributed by atoms with Crippen LogP contribution in [-0.4, -0.2) is 18.1 Å². The molecule has 1 atom stereocenters. The number of carbonyl (C=O) groups is 1. The van der Waals surface area contributed by atoms with Gasteiger partial charge in [0.25, 0.3) is 5.91 Å². The van der Waals surface area contributed by atoms with E-state index >= 15 is 0 Å². The van der Waals surface area contributed by atoms with E-state index in [0.717, 1.165) is 3.57 Å². The molecule has 0 spiro atoms. The van der Waals surface area contributed by atoms with E-state index in [1.165, 1.54) is 0 Å². The lowest BCUT2D eigenvalue weighted by Gasteiger charge is -2.14. The lowest BCUT2D eigenvalue weighted by atomic mass is 10.1. The first-order chi connectivity index (χ1) is 10.0. The van der Waals surface area contributed by atoms with Crippen molar-refractivity contribution < 1.29 is 14.6 Å². The lowest BCUT2D eigenvalue weighted by Crippen LogP contribution is -2.14. The van der Waals surface area contributed by atoms with Crippen LogP contribution in [0, 0.1) is 3.57 Å². The summed E-state index contributed by atoms with van der Waals surface area (Å²) in [5.41, 5.74) is 1.86. The van der Waals surface area contributed by atoms with Crippen molar-refractivity contribution in [1.82, 2.24) is 0 Å². The summed E-state index contributed by atoms with van der Waals surface area (Å²) in [5, 5.41) is 12.5. The molecule has 2 aromatic carbocycles. The number of amides is 1. The van der Waals surface area contributed by atoms with Gasteiger partial charge in [0.15, 0.2) is 0 Å². The molecule has 2 N–H and O–H groups in total. The molecule has 0 aliphatic heterocycles. The molecule has 0 saturated carbocycles. The van der Waals surface area contributed by atoms with E-state index in [-0.39, 0.29) is 5.91 Å². The summed E-state index contributed by atoms with van der Waals surface area (Å²) in [6, 6.07) is 12.6. The summed E-state index contributed by atoms with van der Waals surface area (Å²) < 4.78 is 6.12. The van der Waals surface area contributed by atoms with E-state index in [1.807, 2.05) is 18.2 Å². The maximum Gasteiger partial charge on any atom is 0.256 e. The molecule has 0 saturated heterocycles. The minimum absolute atomic E-state index is 0.207. The lowest BCUT2D eigenvalue weighted by molar-refractivity contribution is 0.102. The van der Waals surface area contributed by atoms with Crippen molar-refractivity contribution in [3.63, 3.8) is 0 Å². The van der Waals surface area contributed by atoms with Crippen LogP contribution in [0.1, 0.15) is 28.9 Å². The van der Waals surface area contributed by atoms with Gasteiger partial charge in [0.2, 0.25) is 0 Å². The minimum Gasteiger partial charge on any atom is -0.495 e. The third-order valence-corrected chi connectivity index (χ3v) is 4.01. The number of methoxy groups -OCH3 is 1. The first-order valence-corrected chi connectivity index (χ1v) is 7.52. The van der Waals surface area contributed by atoms with Crippen molar-refractivity contribution in [3.8, 4) is 5.75 Å². The molecule has 2 rings (SSSR count). The number of halogens is 1. The molecule has 2 aromatic rings. The zero-order valence-electron chi connectivity index (χ0n) is 11.8. The van der Waals surface area contributed by atoms with Crippen molar-refractivity contribution in [3.05, 3.63) is 57.2 Å². The Morgan fingerprint density at radius 2 is 2.00 bits per heavy atom. The van der Waals surface area contributed by atoms with Crippen molar-refractivity contribution in [2.75, 3.05) is 12.4 Å². The fourth-order valence-corrected chi connectivity index (χ4v) is 2.55. The average Bonchev–Trinajstić information content (AvgIpc) is 2.47. The number of anilines is 1. The molecule has 0 unspecified atom stereocenters. The summed E-state index contributed by atoms with van der Waals surface area (Å²) in [5.74, 6) is 0.347. The van der Waals surface area contributed by atoms with Gasteiger partial charge in [0.1, 0.15) is 5.75 Å². The van der Waals surface area contributed by atoms with Gasteiger partial charge in [-0.15, -0.1) is 0 Å². The minimum atomic E-state index is -0.608. The van der Waals surface area contributed by atoms with Gasteiger partial charge in [-0.3, -0.25) is 4.79 Å². The van der Waals surface area contributed by atoms with Gasteiger partial charge in [-0.1, -0.05) is 18.2 Å². The largest absolute Gasteiger partial charge is 0.495 e. The first kappa shape index (κ1) is 15.8. The number of rotatable bonds is 4. The van der Waals surface area contributed by atoms with Crippen LogP contribution in [0.4, 0.5) is 5.69 Å². The normalized spacial score (nSPS) is 11.8. The van der Waals surface area contributed by atoms with E-state index in [1.54, 1.807) is 38.3 Å². The molecule has 0 fully saturated rings. The predicted molar refractivity (Wildman–Crippen MR) is 90.7 cm³/mol. The number of ether oxygens (including phenoxy) is 1. The van der Waals surface area contributed by atoms with Gasteiger partial charge < -0.3 is 15.2 Å². The summed E-state index contributed by atoms with van der Waals surface area (Å²) in [7, 11) is 1.54. The standard InChI is InChI=1S/C16H16INO3/c1-10(19)11-7-8-15(21-2)14(9-11)18-16(20)12-5-3-4-6-13(12)17/h3-10,19H,1-2H3,(H,18,20)/t10-/m1/s1. The smallest absolute Gasteiger partial charge is 0.256 e. The quantitative estimate of drug-likeness (QED) is 0.776. The Bertz CT molecular complexity index is 656. The molecule has 21 heavy (non-hydrogen) atoms. The first-order valence-electron chi connectivity index (χ1n) is 6.45.